The Kier molecular flexibility index (Phi) is 4.96. The number of hydrogen-bond donors (Lipinski definition) is 2. The fraction of sp³-hybridized carbons (Fsp3) is 0.571. The molecule has 124 valence electrons. The lowest BCUT2D eigenvalue weighted by Crippen LogP contribution is -2.46. The van der Waals surface area contributed by atoms with Crippen molar-refractivity contribution in [2.75, 3.05) is 12.8 Å². The van der Waals surface area contributed by atoms with E-state index in [1.54, 1.807) is 6.92 Å². The van der Waals surface area contributed by atoms with Gasteiger partial charge in [0.25, 0.3) is 0 Å². The molecule has 2 rings (SSSR count). The summed E-state index contributed by atoms with van der Waals surface area (Å²) in [4.78, 5) is 0.0405. The molecule has 22 heavy (non-hydrogen) atoms. The van der Waals surface area contributed by atoms with Gasteiger partial charge in [-0.15, -0.1) is 0 Å². The van der Waals surface area contributed by atoms with Crippen LogP contribution in [0.1, 0.15) is 25.3 Å². The number of sulfone groups is 1. The van der Waals surface area contributed by atoms with Gasteiger partial charge in [-0.05, 0) is 50.9 Å². The minimum Gasteiger partial charge on any atom is -0.314 e. The third kappa shape index (κ3) is 4.07. The molecule has 0 radical (unpaired) electrons. The number of hydrogen-bond acceptors (Lipinski definition) is 5. The van der Waals surface area contributed by atoms with Crippen LogP contribution in [-0.4, -0.2) is 41.7 Å². The van der Waals surface area contributed by atoms with Crippen LogP contribution < -0.4 is 10.0 Å². The highest BCUT2D eigenvalue weighted by atomic mass is 32.2. The molecule has 0 amide bonds. The second-order valence-corrected chi connectivity index (χ2v) is 9.60. The molecule has 0 saturated carbocycles. The van der Waals surface area contributed by atoms with Gasteiger partial charge in [0.2, 0.25) is 10.0 Å². The third-order valence-electron chi connectivity index (χ3n) is 3.82. The summed E-state index contributed by atoms with van der Waals surface area (Å²) in [6.45, 7) is 4.43. The van der Waals surface area contributed by atoms with Crippen LogP contribution in [0.2, 0.25) is 0 Å². The number of sulfonamides is 1. The van der Waals surface area contributed by atoms with Gasteiger partial charge in [-0.3, -0.25) is 0 Å². The van der Waals surface area contributed by atoms with E-state index in [0.29, 0.717) is 18.4 Å². The zero-order valence-electron chi connectivity index (χ0n) is 13.0. The smallest absolute Gasteiger partial charge is 0.241 e. The summed E-state index contributed by atoms with van der Waals surface area (Å²) in [5.74, 6) is 0. The Balaban J connectivity index is 2.33. The Morgan fingerprint density at radius 3 is 2.50 bits per heavy atom. The Hall–Kier alpha value is -0.960. The van der Waals surface area contributed by atoms with Crippen molar-refractivity contribution >= 4 is 19.9 Å². The van der Waals surface area contributed by atoms with Gasteiger partial charge in [0, 0.05) is 18.3 Å². The Bertz CT molecular complexity index is 757. The first-order valence-electron chi connectivity index (χ1n) is 7.16. The number of rotatable bonds is 4. The SMILES string of the molecule is Cc1ccc(S(C)(=O)=O)cc1S(=O)(=O)NC1CCNC(C)C1. The summed E-state index contributed by atoms with van der Waals surface area (Å²) >= 11 is 0. The second kappa shape index (κ2) is 6.27. The molecule has 6 nitrogen and oxygen atoms in total. The van der Waals surface area contributed by atoms with E-state index in [2.05, 4.69) is 10.0 Å². The molecule has 1 saturated heterocycles. The normalized spacial score (nSPS) is 23.4. The van der Waals surface area contributed by atoms with Gasteiger partial charge in [-0.1, -0.05) is 6.07 Å². The molecule has 8 heteroatoms. The van der Waals surface area contributed by atoms with Crippen molar-refractivity contribution in [1.82, 2.24) is 10.0 Å². The maximum Gasteiger partial charge on any atom is 0.241 e. The predicted octanol–water partition coefficient (Wildman–Crippen LogP) is 0.817. The lowest BCUT2D eigenvalue weighted by atomic mass is 10.0. The second-order valence-electron chi connectivity index (χ2n) is 5.90. The maximum atomic E-state index is 12.6. The van der Waals surface area contributed by atoms with Crippen LogP contribution in [0, 0.1) is 6.92 Å². The minimum atomic E-state index is -3.74. The molecule has 2 unspecified atom stereocenters. The van der Waals surface area contributed by atoms with E-state index in [9.17, 15) is 16.8 Å². The average Bonchev–Trinajstić information content (AvgIpc) is 2.36. The monoisotopic (exact) mass is 346 g/mol. The van der Waals surface area contributed by atoms with Crippen LogP contribution in [0.4, 0.5) is 0 Å². The predicted molar refractivity (Wildman–Crippen MR) is 85.1 cm³/mol. The van der Waals surface area contributed by atoms with E-state index >= 15 is 0 Å². The number of benzene rings is 1. The van der Waals surface area contributed by atoms with Gasteiger partial charge in [0.15, 0.2) is 9.84 Å². The van der Waals surface area contributed by atoms with E-state index in [1.807, 2.05) is 6.92 Å². The quantitative estimate of drug-likeness (QED) is 0.842. The van der Waals surface area contributed by atoms with Crippen molar-refractivity contribution in [3.63, 3.8) is 0 Å². The summed E-state index contributed by atoms with van der Waals surface area (Å²) in [7, 11) is -7.19. The van der Waals surface area contributed by atoms with E-state index < -0.39 is 19.9 Å². The first-order chi connectivity index (χ1) is 10.1. The fourth-order valence-electron chi connectivity index (χ4n) is 2.62. The zero-order chi connectivity index (χ0) is 16.5. The van der Waals surface area contributed by atoms with Crippen LogP contribution >= 0.6 is 0 Å². The van der Waals surface area contributed by atoms with Crippen LogP contribution in [0.5, 0.6) is 0 Å². The molecule has 1 aromatic rings. The molecular weight excluding hydrogens is 324 g/mol. The average molecular weight is 346 g/mol. The van der Waals surface area contributed by atoms with Crippen LogP contribution in [0.3, 0.4) is 0 Å². The molecule has 1 aromatic carbocycles. The van der Waals surface area contributed by atoms with Gasteiger partial charge in [0.05, 0.1) is 9.79 Å². The number of nitrogens with one attached hydrogen (secondary N) is 2. The van der Waals surface area contributed by atoms with Gasteiger partial charge in [0.1, 0.15) is 0 Å². The van der Waals surface area contributed by atoms with Crippen LogP contribution in [0.25, 0.3) is 0 Å². The van der Waals surface area contributed by atoms with Crippen LogP contribution in [-0.2, 0) is 19.9 Å². The van der Waals surface area contributed by atoms with Crippen molar-refractivity contribution in [2.45, 2.75) is 48.6 Å². The van der Waals surface area contributed by atoms with Gasteiger partial charge < -0.3 is 5.32 Å². The summed E-state index contributed by atoms with van der Waals surface area (Å²) in [6.07, 6.45) is 2.49. The van der Waals surface area contributed by atoms with E-state index in [4.69, 9.17) is 0 Å². The first-order valence-corrected chi connectivity index (χ1v) is 10.5. The maximum absolute atomic E-state index is 12.6. The van der Waals surface area contributed by atoms with Gasteiger partial charge >= 0.3 is 0 Å². The van der Waals surface area contributed by atoms with Crippen molar-refractivity contribution in [1.29, 1.82) is 0 Å². The Morgan fingerprint density at radius 1 is 1.23 bits per heavy atom. The summed E-state index contributed by atoms with van der Waals surface area (Å²) in [6, 6.07) is 4.30. The minimum absolute atomic E-state index is 0.0113. The summed E-state index contributed by atoms with van der Waals surface area (Å²) in [5.41, 5.74) is 0.530. The highest BCUT2D eigenvalue weighted by molar-refractivity contribution is 7.91. The number of aryl methyl sites for hydroxylation is 1. The molecule has 0 aliphatic carbocycles. The Labute approximate surface area is 132 Å². The molecule has 1 aliphatic heterocycles. The lowest BCUT2D eigenvalue weighted by molar-refractivity contribution is 0.361. The lowest BCUT2D eigenvalue weighted by Gasteiger charge is -2.28. The topological polar surface area (TPSA) is 92.3 Å². The van der Waals surface area contributed by atoms with E-state index in [1.165, 1.54) is 18.2 Å². The molecule has 0 aromatic heterocycles. The van der Waals surface area contributed by atoms with Crippen molar-refractivity contribution in [2.24, 2.45) is 0 Å². The molecule has 0 bridgehead atoms. The Morgan fingerprint density at radius 2 is 1.91 bits per heavy atom. The standard InChI is InChI=1S/C14H22N2O4S2/c1-10-4-5-13(21(3,17)18)9-14(10)22(19,20)16-12-6-7-15-11(2)8-12/h4-5,9,11-12,15-16H,6-8H2,1-3H3. The molecule has 2 N–H and O–H groups in total. The molecule has 1 heterocycles. The molecule has 1 aliphatic rings. The summed E-state index contributed by atoms with van der Waals surface area (Å²) in [5, 5.41) is 3.26. The van der Waals surface area contributed by atoms with Gasteiger partial charge in [-0.25, -0.2) is 21.6 Å². The van der Waals surface area contributed by atoms with E-state index in [-0.39, 0.29) is 21.9 Å². The molecule has 0 spiro atoms. The fourth-order valence-corrected chi connectivity index (χ4v) is 4.90. The van der Waals surface area contributed by atoms with Crippen molar-refractivity contribution < 1.29 is 16.8 Å². The van der Waals surface area contributed by atoms with Crippen molar-refractivity contribution in [3.05, 3.63) is 23.8 Å². The van der Waals surface area contributed by atoms with Crippen LogP contribution in [0.15, 0.2) is 28.0 Å². The first kappa shape index (κ1) is 17.4. The summed E-state index contributed by atoms with van der Waals surface area (Å²) < 4.78 is 51.1. The highest BCUT2D eigenvalue weighted by Crippen LogP contribution is 2.21. The largest absolute Gasteiger partial charge is 0.314 e. The van der Waals surface area contributed by atoms with Gasteiger partial charge in [-0.2, -0.15) is 0 Å². The zero-order valence-corrected chi connectivity index (χ0v) is 14.6. The third-order valence-corrected chi connectivity index (χ3v) is 6.60. The molecule has 1 fully saturated rings. The van der Waals surface area contributed by atoms with E-state index in [0.717, 1.165) is 12.8 Å². The van der Waals surface area contributed by atoms with Crippen molar-refractivity contribution in [3.8, 4) is 0 Å². The molecular formula is C14H22N2O4S2. The highest BCUT2D eigenvalue weighted by Gasteiger charge is 2.26. The molecule has 2 atom stereocenters. The number of piperidine rings is 1.